The summed E-state index contributed by atoms with van der Waals surface area (Å²) in [6, 6.07) is 12.7. The molecule has 0 radical (unpaired) electrons. The van der Waals surface area contributed by atoms with Crippen LogP contribution in [0.15, 0.2) is 54.9 Å². The normalized spacial score (nSPS) is 13.5. The average Bonchev–Trinajstić information content (AvgIpc) is 3.32. The summed E-state index contributed by atoms with van der Waals surface area (Å²) >= 11 is 0. The molecule has 1 fully saturated rings. The van der Waals surface area contributed by atoms with E-state index >= 15 is 0 Å². The summed E-state index contributed by atoms with van der Waals surface area (Å²) in [5.41, 5.74) is 0.503. The molecule has 3 heterocycles. The van der Waals surface area contributed by atoms with Gasteiger partial charge in [-0.15, -0.1) is 10.2 Å². The van der Waals surface area contributed by atoms with Crippen LogP contribution in [0.5, 0.6) is 5.88 Å². The van der Waals surface area contributed by atoms with Crippen molar-refractivity contribution >= 4 is 23.4 Å². The predicted octanol–water partition coefficient (Wildman–Crippen LogP) is 3.17. The molecule has 1 amide bonds. The first-order valence-electron chi connectivity index (χ1n) is 10.4. The van der Waals surface area contributed by atoms with Crippen molar-refractivity contribution in [1.82, 2.24) is 25.5 Å². The Bertz CT molecular complexity index is 959. The first kappa shape index (κ1) is 20.5. The number of aromatic nitrogens is 4. The third-order valence-corrected chi connectivity index (χ3v) is 4.89. The van der Waals surface area contributed by atoms with E-state index in [0.29, 0.717) is 42.0 Å². The maximum Gasteiger partial charge on any atom is 0.252 e. The molecule has 1 saturated carbocycles. The van der Waals surface area contributed by atoms with Gasteiger partial charge in [0.15, 0.2) is 5.82 Å². The Morgan fingerprint density at radius 3 is 2.48 bits per heavy atom. The van der Waals surface area contributed by atoms with Crippen LogP contribution in [0.2, 0.25) is 0 Å². The van der Waals surface area contributed by atoms with Crippen molar-refractivity contribution in [3.63, 3.8) is 0 Å². The number of ether oxygens (including phenoxy) is 1. The summed E-state index contributed by atoms with van der Waals surface area (Å²) in [5, 5.41) is 17.3. The molecule has 0 spiro atoms. The van der Waals surface area contributed by atoms with E-state index in [0.717, 1.165) is 12.8 Å². The second-order valence-electron chi connectivity index (χ2n) is 7.24. The van der Waals surface area contributed by atoms with E-state index < -0.39 is 0 Å². The first-order chi connectivity index (χ1) is 15.3. The van der Waals surface area contributed by atoms with Gasteiger partial charge in [-0.05, 0) is 56.0 Å². The lowest BCUT2D eigenvalue weighted by atomic mass is 10.2. The molecule has 4 rings (SSSR count). The van der Waals surface area contributed by atoms with Gasteiger partial charge in [0.05, 0.1) is 5.56 Å². The Kier molecular flexibility index (Phi) is 6.84. The lowest BCUT2D eigenvalue weighted by Gasteiger charge is -2.12. The summed E-state index contributed by atoms with van der Waals surface area (Å²) in [6.45, 7) is 0.957. The molecule has 0 aliphatic heterocycles. The van der Waals surface area contributed by atoms with Gasteiger partial charge in [0, 0.05) is 31.5 Å². The maximum absolute atomic E-state index is 12.3. The van der Waals surface area contributed by atoms with Crippen molar-refractivity contribution in [3.05, 3.63) is 60.4 Å². The Labute approximate surface area is 180 Å². The summed E-state index contributed by atoms with van der Waals surface area (Å²) in [4.78, 5) is 20.7. The Morgan fingerprint density at radius 1 is 0.935 bits per heavy atom. The number of carbonyl (C=O) groups is 1. The molecule has 0 bridgehead atoms. The predicted molar refractivity (Wildman–Crippen MR) is 117 cm³/mol. The number of pyridine rings is 2. The molecule has 160 valence electrons. The second-order valence-corrected chi connectivity index (χ2v) is 7.24. The Morgan fingerprint density at radius 2 is 1.77 bits per heavy atom. The van der Waals surface area contributed by atoms with Gasteiger partial charge in [-0.1, -0.05) is 6.07 Å². The Balaban J connectivity index is 1.17. The molecule has 0 atom stereocenters. The van der Waals surface area contributed by atoms with Gasteiger partial charge in [-0.25, -0.2) is 9.97 Å². The number of carbonyl (C=O) groups excluding carboxylic acids is 1. The van der Waals surface area contributed by atoms with Crippen LogP contribution in [0.4, 0.5) is 17.5 Å². The van der Waals surface area contributed by atoms with Crippen LogP contribution < -0.4 is 20.7 Å². The van der Waals surface area contributed by atoms with Gasteiger partial charge in [0.2, 0.25) is 5.88 Å². The largest absolute Gasteiger partial charge is 0.474 e. The zero-order chi connectivity index (χ0) is 21.3. The van der Waals surface area contributed by atoms with E-state index in [-0.39, 0.29) is 12.0 Å². The highest BCUT2D eigenvalue weighted by Gasteiger charge is 2.17. The third-order valence-electron chi connectivity index (χ3n) is 4.89. The van der Waals surface area contributed by atoms with E-state index in [2.05, 4.69) is 36.1 Å². The summed E-state index contributed by atoms with van der Waals surface area (Å²) in [6.07, 6.45) is 8.06. The fourth-order valence-electron chi connectivity index (χ4n) is 3.29. The minimum Gasteiger partial charge on any atom is -0.474 e. The quantitative estimate of drug-likeness (QED) is 0.453. The topological polar surface area (TPSA) is 114 Å². The highest BCUT2D eigenvalue weighted by molar-refractivity contribution is 5.93. The van der Waals surface area contributed by atoms with Gasteiger partial charge in [0.1, 0.15) is 17.7 Å². The fourth-order valence-corrected chi connectivity index (χ4v) is 3.29. The van der Waals surface area contributed by atoms with Crippen molar-refractivity contribution in [2.24, 2.45) is 0 Å². The van der Waals surface area contributed by atoms with Gasteiger partial charge < -0.3 is 20.7 Å². The molecule has 0 aromatic carbocycles. The molecule has 0 unspecified atom stereocenters. The minimum atomic E-state index is -0.178. The monoisotopic (exact) mass is 419 g/mol. The van der Waals surface area contributed by atoms with Crippen LogP contribution in [0, 0.1) is 0 Å². The van der Waals surface area contributed by atoms with Gasteiger partial charge >= 0.3 is 0 Å². The zero-order valence-electron chi connectivity index (χ0n) is 17.1. The minimum absolute atomic E-state index is 0.178. The van der Waals surface area contributed by atoms with Crippen LogP contribution >= 0.6 is 0 Å². The van der Waals surface area contributed by atoms with Crippen molar-refractivity contribution in [2.45, 2.75) is 31.8 Å². The molecule has 31 heavy (non-hydrogen) atoms. The second kappa shape index (κ2) is 10.3. The van der Waals surface area contributed by atoms with E-state index in [1.54, 1.807) is 24.5 Å². The first-order valence-corrected chi connectivity index (χ1v) is 10.4. The van der Waals surface area contributed by atoms with Gasteiger partial charge in [-0.3, -0.25) is 4.79 Å². The van der Waals surface area contributed by atoms with Crippen molar-refractivity contribution in [3.8, 4) is 5.88 Å². The molecular formula is C22H25N7O2. The van der Waals surface area contributed by atoms with Crippen molar-refractivity contribution in [2.75, 3.05) is 23.7 Å². The Hall–Kier alpha value is -3.75. The number of rotatable bonds is 9. The molecule has 3 aromatic heterocycles. The fraction of sp³-hybridized carbons (Fsp3) is 0.318. The lowest BCUT2D eigenvalue weighted by Crippen LogP contribution is -2.29. The van der Waals surface area contributed by atoms with E-state index in [9.17, 15) is 4.79 Å². The highest BCUT2D eigenvalue weighted by atomic mass is 16.5. The average molecular weight is 419 g/mol. The van der Waals surface area contributed by atoms with Crippen LogP contribution in [0.25, 0.3) is 0 Å². The van der Waals surface area contributed by atoms with Crippen LogP contribution in [0.1, 0.15) is 36.0 Å². The molecule has 0 saturated heterocycles. The van der Waals surface area contributed by atoms with E-state index in [1.165, 1.54) is 12.8 Å². The van der Waals surface area contributed by atoms with Crippen molar-refractivity contribution in [1.29, 1.82) is 0 Å². The zero-order valence-corrected chi connectivity index (χ0v) is 17.1. The van der Waals surface area contributed by atoms with Gasteiger partial charge in [-0.2, -0.15) is 0 Å². The number of nitrogens with one attached hydrogen (secondary N) is 3. The maximum atomic E-state index is 12.3. The van der Waals surface area contributed by atoms with Crippen LogP contribution in [-0.2, 0) is 0 Å². The molecule has 3 N–H and O–H groups in total. The van der Waals surface area contributed by atoms with E-state index in [4.69, 9.17) is 4.74 Å². The van der Waals surface area contributed by atoms with Gasteiger partial charge in [0.25, 0.3) is 5.91 Å². The SMILES string of the molecule is O=C(NCCNc1ccc(Nc2ccccn2)nn1)c1ccc(OC2CCCC2)nc1. The number of anilines is 3. The number of nitrogens with zero attached hydrogens (tertiary/aromatic N) is 4. The molecule has 3 aromatic rings. The number of amides is 1. The molecule has 9 nitrogen and oxygen atoms in total. The third kappa shape index (κ3) is 6.11. The highest BCUT2D eigenvalue weighted by Crippen LogP contribution is 2.22. The number of hydrogen-bond acceptors (Lipinski definition) is 8. The number of hydrogen-bond donors (Lipinski definition) is 3. The summed E-state index contributed by atoms with van der Waals surface area (Å²) < 4.78 is 5.83. The van der Waals surface area contributed by atoms with Crippen LogP contribution in [0.3, 0.4) is 0 Å². The summed E-state index contributed by atoms with van der Waals surface area (Å²) in [5.74, 6) is 2.32. The van der Waals surface area contributed by atoms with Crippen molar-refractivity contribution < 1.29 is 9.53 Å². The standard InChI is InChI=1S/C22H25N7O2/c30-22(16-8-11-21(26-15-16)31-17-5-1-2-6-17)25-14-13-24-19-9-10-20(29-28-19)27-18-7-3-4-12-23-18/h3-4,7-12,15,17H,1-2,5-6,13-14H2,(H,24,28)(H,25,30)(H,23,27,29). The molecule has 1 aliphatic carbocycles. The lowest BCUT2D eigenvalue weighted by molar-refractivity contribution is 0.0954. The molecular weight excluding hydrogens is 394 g/mol. The smallest absolute Gasteiger partial charge is 0.252 e. The summed E-state index contributed by atoms with van der Waals surface area (Å²) in [7, 11) is 0. The van der Waals surface area contributed by atoms with Crippen LogP contribution in [-0.4, -0.2) is 45.3 Å². The molecule has 9 heteroatoms. The molecule has 1 aliphatic rings. The van der Waals surface area contributed by atoms with E-state index in [1.807, 2.05) is 30.3 Å².